The fourth-order valence-corrected chi connectivity index (χ4v) is 5.24. The third-order valence-corrected chi connectivity index (χ3v) is 8.64. The van der Waals surface area contributed by atoms with Crippen LogP contribution in [0.5, 0.6) is 0 Å². The molecule has 0 saturated carbocycles. The van der Waals surface area contributed by atoms with Crippen molar-refractivity contribution >= 4 is 8.32 Å². The zero-order valence-corrected chi connectivity index (χ0v) is 21.9. The first-order valence-electron chi connectivity index (χ1n) is 11.7. The molecular weight excluding hydrogens is 436 g/mol. The molecule has 0 saturated heterocycles. The summed E-state index contributed by atoms with van der Waals surface area (Å²) in [6.45, 7) is 10.9. The molecule has 0 radical (unpaired) electrons. The molecule has 0 aliphatic heterocycles. The van der Waals surface area contributed by atoms with Gasteiger partial charge in [0, 0.05) is 34.5 Å². The van der Waals surface area contributed by atoms with Crippen molar-refractivity contribution in [3.05, 3.63) is 0 Å². The lowest BCUT2D eigenvalue weighted by Crippen LogP contribution is -2.33. The van der Waals surface area contributed by atoms with E-state index >= 15 is 0 Å². The van der Waals surface area contributed by atoms with Crippen LogP contribution in [0.3, 0.4) is 0 Å². The summed E-state index contributed by atoms with van der Waals surface area (Å²) in [6, 6.07) is 2.17. The zero-order chi connectivity index (χ0) is 23.6. The van der Waals surface area contributed by atoms with E-state index in [0.717, 1.165) is 38.1 Å². The molecule has 0 aliphatic rings. The number of ether oxygens (including phenoxy) is 8. The van der Waals surface area contributed by atoms with E-state index in [1.54, 1.807) is 14.2 Å². The van der Waals surface area contributed by atoms with E-state index in [9.17, 15) is 0 Å². The first-order valence-corrected chi connectivity index (χ1v) is 14.5. The van der Waals surface area contributed by atoms with E-state index in [0.29, 0.717) is 79.3 Å². The highest BCUT2D eigenvalue weighted by molar-refractivity contribution is 6.72. The summed E-state index contributed by atoms with van der Waals surface area (Å²) in [6.07, 6.45) is 2.02. The van der Waals surface area contributed by atoms with Gasteiger partial charge in [0.15, 0.2) is 8.32 Å². The Morgan fingerprint density at radius 2 is 0.688 bits per heavy atom. The summed E-state index contributed by atoms with van der Waals surface area (Å²) >= 11 is 0. The molecule has 0 bridgehead atoms. The van der Waals surface area contributed by atoms with E-state index in [1.807, 2.05) is 7.11 Å². The number of hydrogen-bond acceptors (Lipinski definition) is 9. The van der Waals surface area contributed by atoms with Crippen molar-refractivity contribution in [1.82, 2.24) is 0 Å². The molecule has 32 heavy (non-hydrogen) atoms. The van der Waals surface area contributed by atoms with Gasteiger partial charge in [-0.05, 0) is 31.5 Å². The maximum Gasteiger partial charge on any atom is 0.189 e. The largest absolute Gasteiger partial charge is 0.420 e. The standard InChI is InChI=1S/C22H48O9Si/c1-23-9-11-28-17-19-30-15-13-26-7-5-21-32(4,25-3)22-6-8-27-14-16-31-20-18-29-12-10-24-2/h5-22H2,1-4H3. The summed E-state index contributed by atoms with van der Waals surface area (Å²) in [5.74, 6) is 0. The first kappa shape index (κ1) is 31.9. The van der Waals surface area contributed by atoms with Crippen molar-refractivity contribution in [3.8, 4) is 0 Å². The van der Waals surface area contributed by atoms with Crippen LogP contribution in [0.15, 0.2) is 0 Å². The van der Waals surface area contributed by atoms with Gasteiger partial charge in [0.1, 0.15) is 0 Å². The molecule has 0 heterocycles. The van der Waals surface area contributed by atoms with E-state index in [4.69, 9.17) is 42.3 Å². The quantitative estimate of drug-likeness (QED) is 0.129. The van der Waals surface area contributed by atoms with Crippen LogP contribution in [0, 0.1) is 0 Å². The lowest BCUT2D eigenvalue weighted by atomic mass is 10.5. The Morgan fingerprint density at radius 3 is 0.969 bits per heavy atom. The van der Waals surface area contributed by atoms with Crippen molar-refractivity contribution < 1.29 is 42.3 Å². The summed E-state index contributed by atoms with van der Waals surface area (Å²) in [7, 11) is 3.46. The average molecular weight is 485 g/mol. The van der Waals surface area contributed by atoms with E-state index < -0.39 is 8.32 Å². The second kappa shape index (κ2) is 25.5. The molecule has 0 aromatic rings. The highest BCUT2D eigenvalue weighted by atomic mass is 28.4. The minimum absolute atomic E-state index is 0.583. The van der Waals surface area contributed by atoms with Gasteiger partial charge in [0.2, 0.25) is 0 Å². The second-order valence-corrected chi connectivity index (χ2v) is 11.8. The van der Waals surface area contributed by atoms with Crippen molar-refractivity contribution in [1.29, 1.82) is 0 Å². The molecule has 0 aliphatic carbocycles. The summed E-state index contributed by atoms with van der Waals surface area (Å²) in [4.78, 5) is 0. The van der Waals surface area contributed by atoms with Gasteiger partial charge in [-0.25, -0.2) is 0 Å². The summed E-state index contributed by atoms with van der Waals surface area (Å²) < 4.78 is 48.6. The Balaban J connectivity index is 3.43. The monoisotopic (exact) mass is 484 g/mol. The lowest BCUT2D eigenvalue weighted by Gasteiger charge is -2.25. The zero-order valence-electron chi connectivity index (χ0n) is 20.9. The van der Waals surface area contributed by atoms with Crippen LogP contribution in [0.25, 0.3) is 0 Å². The third kappa shape index (κ3) is 23.0. The van der Waals surface area contributed by atoms with Crippen LogP contribution in [-0.2, 0) is 42.3 Å². The van der Waals surface area contributed by atoms with Crippen LogP contribution in [0.1, 0.15) is 12.8 Å². The maximum absolute atomic E-state index is 5.87. The Hall–Kier alpha value is -0.143. The molecule has 0 aromatic heterocycles. The van der Waals surface area contributed by atoms with Crippen molar-refractivity contribution in [3.63, 3.8) is 0 Å². The van der Waals surface area contributed by atoms with E-state index in [1.165, 1.54) is 0 Å². The van der Waals surface area contributed by atoms with Crippen LogP contribution < -0.4 is 0 Å². The minimum atomic E-state index is -1.69. The topological polar surface area (TPSA) is 83.1 Å². The number of hydrogen-bond donors (Lipinski definition) is 0. The fraction of sp³-hybridized carbons (Fsp3) is 1.00. The second-order valence-electron chi connectivity index (χ2n) is 7.52. The molecule has 0 unspecified atom stereocenters. The van der Waals surface area contributed by atoms with Gasteiger partial charge >= 0.3 is 0 Å². The van der Waals surface area contributed by atoms with E-state index in [2.05, 4.69) is 6.55 Å². The van der Waals surface area contributed by atoms with Crippen LogP contribution in [0.4, 0.5) is 0 Å². The molecule has 10 heteroatoms. The van der Waals surface area contributed by atoms with Crippen LogP contribution in [0.2, 0.25) is 18.6 Å². The Labute approximate surface area is 196 Å². The molecule has 0 N–H and O–H groups in total. The van der Waals surface area contributed by atoms with Crippen molar-refractivity contribution in [2.75, 3.05) is 114 Å². The molecule has 9 nitrogen and oxygen atoms in total. The number of rotatable bonds is 27. The average Bonchev–Trinajstić information content (AvgIpc) is 2.80. The summed E-state index contributed by atoms with van der Waals surface area (Å²) in [5.41, 5.74) is 0. The summed E-state index contributed by atoms with van der Waals surface area (Å²) in [5, 5.41) is 0. The van der Waals surface area contributed by atoms with Gasteiger partial charge in [-0.2, -0.15) is 0 Å². The molecule has 0 aromatic carbocycles. The van der Waals surface area contributed by atoms with Gasteiger partial charge in [-0.3, -0.25) is 0 Å². The van der Waals surface area contributed by atoms with Crippen molar-refractivity contribution in [2.45, 2.75) is 31.5 Å². The molecule has 0 atom stereocenters. The molecule has 0 fully saturated rings. The highest BCUT2D eigenvalue weighted by Gasteiger charge is 2.26. The Morgan fingerprint density at radius 1 is 0.406 bits per heavy atom. The minimum Gasteiger partial charge on any atom is -0.420 e. The molecule has 0 amide bonds. The van der Waals surface area contributed by atoms with E-state index in [-0.39, 0.29) is 0 Å². The predicted octanol–water partition coefficient (Wildman–Crippen LogP) is 2.38. The maximum atomic E-state index is 5.87. The lowest BCUT2D eigenvalue weighted by molar-refractivity contribution is 0.00348. The third-order valence-electron chi connectivity index (χ3n) is 4.83. The van der Waals surface area contributed by atoms with Crippen LogP contribution in [-0.4, -0.2) is 122 Å². The molecular formula is C22H48O9Si. The normalized spacial score (nSPS) is 12.0. The van der Waals surface area contributed by atoms with Crippen molar-refractivity contribution in [2.24, 2.45) is 0 Å². The molecule has 194 valence electrons. The highest BCUT2D eigenvalue weighted by Crippen LogP contribution is 2.20. The molecule has 0 rings (SSSR count). The molecule has 0 spiro atoms. The van der Waals surface area contributed by atoms with Gasteiger partial charge in [0.05, 0.1) is 79.3 Å². The Kier molecular flexibility index (Phi) is 25.4. The smallest absolute Gasteiger partial charge is 0.189 e. The van der Waals surface area contributed by atoms with Gasteiger partial charge < -0.3 is 42.3 Å². The number of methoxy groups -OCH3 is 2. The first-order chi connectivity index (χ1) is 15.7. The van der Waals surface area contributed by atoms with Gasteiger partial charge in [-0.1, -0.05) is 0 Å². The fourth-order valence-electron chi connectivity index (χ4n) is 2.79. The predicted molar refractivity (Wildman–Crippen MR) is 126 cm³/mol. The Bertz CT molecular complexity index is 336. The van der Waals surface area contributed by atoms with Gasteiger partial charge in [0.25, 0.3) is 0 Å². The van der Waals surface area contributed by atoms with Gasteiger partial charge in [-0.15, -0.1) is 0 Å². The van der Waals surface area contributed by atoms with Crippen LogP contribution >= 0.6 is 0 Å². The SMILES string of the molecule is COCCOCCOCCOCCC[Si](C)(CCCOCCOCCOCCOC)OC.